The zero-order chi connectivity index (χ0) is 23.7. The van der Waals surface area contributed by atoms with Crippen LogP contribution in [0.5, 0.6) is 0 Å². The number of hydrogen-bond donors (Lipinski definition) is 0. The molecule has 7 heteroatoms. The van der Waals surface area contributed by atoms with Crippen molar-refractivity contribution in [2.24, 2.45) is 0 Å². The summed E-state index contributed by atoms with van der Waals surface area (Å²) in [4.78, 5) is 16.1. The van der Waals surface area contributed by atoms with E-state index in [4.69, 9.17) is 4.74 Å². The smallest absolute Gasteiger partial charge is 0.379 e. The van der Waals surface area contributed by atoms with Crippen LogP contribution in [0.4, 0.5) is 13.2 Å². The molecule has 3 aromatic rings. The van der Waals surface area contributed by atoms with Crippen molar-refractivity contribution in [1.82, 2.24) is 9.47 Å². The third kappa shape index (κ3) is 4.51. The topological polar surface area (TPSA) is 34.5 Å². The maximum Gasteiger partial charge on any atom is 0.416 e. The predicted octanol–water partition coefficient (Wildman–Crippen LogP) is 5.95. The van der Waals surface area contributed by atoms with E-state index in [0.717, 1.165) is 54.5 Å². The summed E-state index contributed by atoms with van der Waals surface area (Å²) in [7, 11) is 0. The average Bonchev–Trinajstić information content (AvgIpc) is 2.85. The quantitative estimate of drug-likeness (QED) is 0.473. The van der Waals surface area contributed by atoms with Gasteiger partial charge >= 0.3 is 6.18 Å². The summed E-state index contributed by atoms with van der Waals surface area (Å²) >= 11 is 0. The van der Waals surface area contributed by atoms with Crippen molar-refractivity contribution in [1.29, 1.82) is 0 Å². The van der Waals surface area contributed by atoms with Crippen molar-refractivity contribution < 1.29 is 17.9 Å². The monoisotopic (exact) mass is 470 g/mol. The highest BCUT2D eigenvalue weighted by Gasteiger charge is 2.33. The van der Waals surface area contributed by atoms with Crippen LogP contribution in [0.3, 0.4) is 0 Å². The summed E-state index contributed by atoms with van der Waals surface area (Å²) < 4.78 is 47.3. The fourth-order valence-electron chi connectivity index (χ4n) is 5.48. The van der Waals surface area contributed by atoms with Crippen molar-refractivity contribution in [3.05, 3.63) is 81.8 Å². The summed E-state index contributed by atoms with van der Waals surface area (Å²) in [5.41, 5.74) is 0.941. The third-order valence-corrected chi connectivity index (χ3v) is 7.18. The number of aromatic nitrogens is 1. The molecule has 0 amide bonds. The van der Waals surface area contributed by atoms with Gasteiger partial charge in [-0.25, -0.2) is 0 Å². The second-order valence-electron chi connectivity index (χ2n) is 9.29. The number of fused-ring (bicyclic) bond motifs is 1. The van der Waals surface area contributed by atoms with Crippen LogP contribution in [0, 0.1) is 0 Å². The number of hydrogen-bond acceptors (Lipinski definition) is 3. The van der Waals surface area contributed by atoms with Crippen LogP contribution in [0.1, 0.15) is 61.0 Å². The molecule has 1 unspecified atom stereocenters. The molecule has 0 N–H and O–H groups in total. The van der Waals surface area contributed by atoms with Crippen molar-refractivity contribution in [2.45, 2.75) is 50.4 Å². The minimum Gasteiger partial charge on any atom is -0.379 e. The molecule has 0 spiro atoms. The van der Waals surface area contributed by atoms with Gasteiger partial charge < -0.3 is 9.30 Å². The Labute approximate surface area is 196 Å². The Hall–Kier alpha value is -2.64. The number of ether oxygens (including phenoxy) is 1. The van der Waals surface area contributed by atoms with Gasteiger partial charge in [0.15, 0.2) is 0 Å². The number of rotatable bonds is 4. The Kier molecular flexibility index (Phi) is 6.49. The molecule has 0 radical (unpaired) electrons. The van der Waals surface area contributed by atoms with E-state index in [0.29, 0.717) is 31.7 Å². The van der Waals surface area contributed by atoms with Crippen LogP contribution in [0.2, 0.25) is 0 Å². The van der Waals surface area contributed by atoms with Gasteiger partial charge in [0.25, 0.3) is 5.56 Å². The lowest BCUT2D eigenvalue weighted by atomic mass is 9.92. The molecular formula is C27H29F3N2O2. The first kappa shape index (κ1) is 23.1. The minimum atomic E-state index is -4.39. The molecule has 4 nitrogen and oxygen atoms in total. The molecule has 2 aliphatic rings. The second kappa shape index (κ2) is 9.55. The molecule has 1 aliphatic heterocycles. The zero-order valence-corrected chi connectivity index (χ0v) is 19.1. The second-order valence-corrected chi connectivity index (χ2v) is 9.29. The number of benzene rings is 2. The predicted molar refractivity (Wildman–Crippen MR) is 126 cm³/mol. The van der Waals surface area contributed by atoms with Gasteiger partial charge in [-0.15, -0.1) is 0 Å². The molecule has 1 saturated heterocycles. The molecule has 1 saturated carbocycles. The number of halogens is 3. The molecule has 0 bridgehead atoms. The number of alkyl halides is 3. The normalized spacial score (nSPS) is 19.4. The van der Waals surface area contributed by atoms with Crippen LogP contribution >= 0.6 is 0 Å². The highest BCUT2D eigenvalue weighted by molar-refractivity contribution is 5.82. The van der Waals surface area contributed by atoms with E-state index in [1.807, 2.05) is 28.8 Å². The van der Waals surface area contributed by atoms with Crippen molar-refractivity contribution in [3.8, 4) is 0 Å². The Balaban J connectivity index is 1.71. The molecule has 180 valence electrons. The van der Waals surface area contributed by atoms with Crippen LogP contribution < -0.4 is 5.56 Å². The van der Waals surface area contributed by atoms with Gasteiger partial charge in [0.05, 0.1) is 24.8 Å². The lowest BCUT2D eigenvalue weighted by Crippen LogP contribution is -2.42. The van der Waals surface area contributed by atoms with E-state index in [-0.39, 0.29) is 17.6 Å². The minimum absolute atomic E-state index is 0.00910. The fourth-order valence-corrected chi connectivity index (χ4v) is 5.48. The van der Waals surface area contributed by atoms with E-state index >= 15 is 0 Å². The van der Waals surface area contributed by atoms with E-state index in [1.165, 1.54) is 6.42 Å². The van der Waals surface area contributed by atoms with Gasteiger partial charge in [0.1, 0.15) is 0 Å². The van der Waals surface area contributed by atoms with Crippen LogP contribution in [0.15, 0.2) is 59.4 Å². The Morgan fingerprint density at radius 3 is 2.26 bits per heavy atom. The van der Waals surface area contributed by atoms with Crippen LogP contribution in [-0.4, -0.2) is 35.8 Å². The van der Waals surface area contributed by atoms with Gasteiger partial charge in [-0.2, -0.15) is 13.2 Å². The van der Waals surface area contributed by atoms with Gasteiger partial charge in [-0.05, 0) is 48.1 Å². The third-order valence-electron chi connectivity index (χ3n) is 7.18. The molecule has 1 atom stereocenters. The Bertz CT molecular complexity index is 1190. The van der Waals surface area contributed by atoms with Gasteiger partial charge in [-0.1, -0.05) is 49.6 Å². The van der Waals surface area contributed by atoms with Gasteiger partial charge in [-0.3, -0.25) is 9.69 Å². The SMILES string of the molecule is O=c1c2ccccc2cc(C(c2ccc(C(F)(F)F)cc2)N2CCOCC2)n1C1CCCCC1. The van der Waals surface area contributed by atoms with Crippen LogP contribution in [0.25, 0.3) is 10.8 Å². The van der Waals surface area contributed by atoms with Gasteiger partial charge in [0, 0.05) is 30.2 Å². The first-order chi connectivity index (χ1) is 16.4. The molecular weight excluding hydrogens is 441 g/mol. The van der Waals surface area contributed by atoms with Crippen molar-refractivity contribution in [3.63, 3.8) is 0 Å². The molecule has 1 aliphatic carbocycles. The summed E-state index contributed by atoms with van der Waals surface area (Å²) in [6, 6.07) is 14.9. The number of nitrogens with zero attached hydrogens (tertiary/aromatic N) is 2. The van der Waals surface area contributed by atoms with Crippen LogP contribution in [-0.2, 0) is 10.9 Å². The first-order valence-corrected chi connectivity index (χ1v) is 12.1. The summed E-state index contributed by atoms with van der Waals surface area (Å²) in [6.07, 6.45) is 0.806. The highest BCUT2D eigenvalue weighted by Crippen LogP contribution is 2.37. The summed E-state index contributed by atoms with van der Waals surface area (Å²) in [6.45, 7) is 2.41. The first-order valence-electron chi connectivity index (χ1n) is 12.1. The van der Waals surface area contributed by atoms with Crippen molar-refractivity contribution in [2.75, 3.05) is 26.3 Å². The molecule has 1 aromatic heterocycles. The lowest BCUT2D eigenvalue weighted by Gasteiger charge is -2.38. The van der Waals surface area contributed by atoms with E-state index in [2.05, 4.69) is 11.0 Å². The van der Waals surface area contributed by atoms with Gasteiger partial charge in [0.2, 0.25) is 0 Å². The lowest BCUT2D eigenvalue weighted by molar-refractivity contribution is -0.137. The van der Waals surface area contributed by atoms with E-state index in [1.54, 1.807) is 12.1 Å². The Morgan fingerprint density at radius 1 is 0.912 bits per heavy atom. The molecule has 2 fully saturated rings. The summed E-state index contributed by atoms with van der Waals surface area (Å²) in [5, 5.41) is 1.55. The molecule has 34 heavy (non-hydrogen) atoms. The van der Waals surface area contributed by atoms with E-state index in [9.17, 15) is 18.0 Å². The molecule has 2 heterocycles. The standard InChI is InChI=1S/C27H29F3N2O2/c28-27(29,30)21-12-10-19(11-13-21)25(31-14-16-34-17-15-31)24-18-20-6-4-5-9-23(20)26(33)32(24)22-7-2-1-3-8-22/h4-6,9-13,18,22,25H,1-3,7-8,14-17H2. The highest BCUT2D eigenvalue weighted by atomic mass is 19.4. The van der Waals surface area contributed by atoms with Crippen molar-refractivity contribution >= 4 is 10.8 Å². The number of pyridine rings is 1. The van der Waals surface area contributed by atoms with E-state index < -0.39 is 11.7 Å². The molecule has 5 rings (SSSR count). The Morgan fingerprint density at radius 2 is 1.59 bits per heavy atom. The average molecular weight is 471 g/mol. The number of morpholine rings is 1. The maximum atomic E-state index is 13.8. The molecule has 2 aromatic carbocycles. The fraction of sp³-hybridized carbons (Fsp3) is 0.444. The maximum absolute atomic E-state index is 13.8. The zero-order valence-electron chi connectivity index (χ0n) is 19.1. The summed E-state index contributed by atoms with van der Waals surface area (Å²) in [5.74, 6) is 0. The largest absolute Gasteiger partial charge is 0.416 e.